The minimum Gasteiger partial charge on any atom is -0.507 e. The van der Waals surface area contributed by atoms with Gasteiger partial charge in [0, 0.05) is 18.0 Å². The third-order valence-electron chi connectivity index (χ3n) is 3.50. The third kappa shape index (κ3) is 3.13. The van der Waals surface area contributed by atoms with Crippen LogP contribution in [-0.4, -0.2) is 20.6 Å². The highest BCUT2D eigenvalue weighted by molar-refractivity contribution is 7.85. The molecule has 0 atom stereocenters. The van der Waals surface area contributed by atoms with Crippen LogP contribution in [0.1, 0.15) is 0 Å². The minimum absolute atomic E-state index is 0.150. The van der Waals surface area contributed by atoms with Crippen LogP contribution in [0, 0.1) is 0 Å². The van der Waals surface area contributed by atoms with Crippen LogP contribution in [0.4, 0.5) is 0 Å². The molecule has 0 aromatic heterocycles. The monoisotopic (exact) mass is 329 g/mol. The second-order valence-corrected chi connectivity index (χ2v) is 6.44. The maximum absolute atomic E-state index is 11.4. The molecule has 0 aliphatic rings. The molecule has 0 amide bonds. The molecule has 0 unspecified atom stereocenters. The lowest BCUT2D eigenvalue weighted by Crippen LogP contribution is -2.24. The Balaban J connectivity index is 2.07. The van der Waals surface area contributed by atoms with Crippen molar-refractivity contribution in [1.29, 1.82) is 0 Å². The first-order valence-corrected chi connectivity index (χ1v) is 8.35. The lowest BCUT2D eigenvalue weighted by Gasteiger charge is -2.10. The first-order chi connectivity index (χ1) is 11.0. The van der Waals surface area contributed by atoms with E-state index in [0.717, 1.165) is 11.1 Å². The molecule has 0 saturated carbocycles. The number of hydrogen-bond acceptors (Lipinski definition) is 4. The van der Waals surface area contributed by atoms with Gasteiger partial charge in [-0.15, -0.1) is 0 Å². The van der Waals surface area contributed by atoms with Gasteiger partial charge in [0.1, 0.15) is 11.5 Å². The van der Waals surface area contributed by atoms with Gasteiger partial charge in [-0.25, -0.2) is 0 Å². The molecule has 0 fully saturated rings. The highest BCUT2D eigenvalue weighted by Gasteiger charge is 2.12. The van der Waals surface area contributed by atoms with E-state index in [4.69, 9.17) is 4.18 Å². The van der Waals surface area contributed by atoms with E-state index < -0.39 is 10.3 Å². The summed E-state index contributed by atoms with van der Waals surface area (Å²) in [6.07, 6.45) is 0. The van der Waals surface area contributed by atoms with Gasteiger partial charge in [-0.3, -0.25) is 0 Å². The van der Waals surface area contributed by atoms with E-state index in [-0.39, 0.29) is 11.5 Å². The van der Waals surface area contributed by atoms with Gasteiger partial charge in [-0.05, 0) is 29.1 Å². The summed E-state index contributed by atoms with van der Waals surface area (Å²) in [5.41, 5.74) is 1.62. The summed E-state index contributed by atoms with van der Waals surface area (Å²) in [4.78, 5) is 0. The number of aromatic hydroxyl groups is 1. The molecule has 0 bridgehead atoms. The van der Waals surface area contributed by atoms with Gasteiger partial charge in [0.05, 0.1) is 0 Å². The Morgan fingerprint density at radius 1 is 1.00 bits per heavy atom. The number of rotatable bonds is 4. The lowest BCUT2D eigenvalue weighted by atomic mass is 9.99. The highest BCUT2D eigenvalue weighted by Crippen LogP contribution is 2.37. The molecule has 0 aliphatic carbocycles. The highest BCUT2D eigenvalue weighted by atomic mass is 32.2. The fourth-order valence-electron chi connectivity index (χ4n) is 2.36. The minimum atomic E-state index is -3.81. The molecule has 3 aromatic carbocycles. The van der Waals surface area contributed by atoms with Crippen molar-refractivity contribution in [3.8, 4) is 22.6 Å². The number of phenolic OH excluding ortho intramolecular Hbond substituents is 1. The van der Waals surface area contributed by atoms with E-state index in [9.17, 15) is 13.5 Å². The molecule has 3 aromatic rings. The predicted octanol–water partition coefficient (Wildman–Crippen LogP) is 3.06. The zero-order valence-electron chi connectivity index (χ0n) is 12.4. The van der Waals surface area contributed by atoms with Gasteiger partial charge in [-0.1, -0.05) is 42.5 Å². The summed E-state index contributed by atoms with van der Waals surface area (Å²) in [6.45, 7) is 0. The number of nitrogens with one attached hydrogen (secondary N) is 1. The van der Waals surface area contributed by atoms with E-state index >= 15 is 0 Å². The molecule has 6 heteroatoms. The maximum Gasteiger partial charge on any atom is 0.382 e. The van der Waals surface area contributed by atoms with Gasteiger partial charge in [0.15, 0.2) is 0 Å². The Labute approximate surface area is 134 Å². The first kappa shape index (κ1) is 15.3. The van der Waals surface area contributed by atoms with Crippen molar-refractivity contribution in [3.63, 3.8) is 0 Å². The number of phenols is 1. The number of hydrogen-bond donors (Lipinski definition) is 2. The number of benzene rings is 3. The quantitative estimate of drug-likeness (QED) is 0.771. The smallest absolute Gasteiger partial charge is 0.382 e. The van der Waals surface area contributed by atoms with Crippen molar-refractivity contribution in [2.75, 3.05) is 7.05 Å². The standard InChI is InChI=1S/C17H15NO4S/c1-18-23(20,21)22-14-8-10-16-13(11-14)7-9-15(17(16)19)12-5-3-2-4-6-12/h2-11,18-19H,1H3. The Morgan fingerprint density at radius 2 is 1.74 bits per heavy atom. The maximum atomic E-state index is 11.4. The largest absolute Gasteiger partial charge is 0.507 e. The topological polar surface area (TPSA) is 75.6 Å². The van der Waals surface area contributed by atoms with Gasteiger partial charge in [0.25, 0.3) is 0 Å². The summed E-state index contributed by atoms with van der Waals surface area (Å²) >= 11 is 0. The molecule has 2 N–H and O–H groups in total. The molecule has 0 radical (unpaired) electrons. The average Bonchev–Trinajstić information content (AvgIpc) is 2.55. The predicted molar refractivity (Wildman–Crippen MR) is 89.7 cm³/mol. The Kier molecular flexibility index (Phi) is 3.94. The molecule has 0 heterocycles. The molecule has 5 nitrogen and oxygen atoms in total. The van der Waals surface area contributed by atoms with Gasteiger partial charge < -0.3 is 9.29 Å². The second-order valence-electron chi connectivity index (χ2n) is 4.95. The first-order valence-electron chi connectivity index (χ1n) is 6.94. The summed E-state index contributed by atoms with van der Waals surface area (Å²) in [7, 11) is -2.54. The molecule has 0 saturated heterocycles. The Hall–Kier alpha value is -2.57. The van der Waals surface area contributed by atoms with Crippen molar-refractivity contribution < 1.29 is 17.7 Å². The van der Waals surface area contributed by atoms with Crippen molar-refractivity contribution in [3.05, 3.63) is 60.7 Å². The third-order valence-corrected chi connectivity index (χ3v) is 4.42. The van der Waals surface area contributed by atoms with E-state index in [2.05, 4.69) is 4.72 Å². The normalized spacial score (nSPS) is 11.5. The van der Waals surface area contributed by atoms with Crippen molar-refractivity contribution >= 4 is 21.1 Å². The van der Waals surface area contributed by atoms with Crippen LogP contribution in [0.2, 0.25) is 0 Å². The van der Waals surface area contributed by atoms with Crippen LogP contribution in [0.25, 0.3) is 21.9 Å². The van der Waals surface area contributed by atoms with E-state index in [1.54, 1.807) is 18.2 Å². The molecule has 0 spiro atoms. The zero-order valence-corrected chi connectivity index (χ0v) is 13.2. The SMILES string of the molecule is CNS(=O)(=O)Oc1ccc2c(O)c(-c3ccccc3)ccc2c1. The lowest BCUT2D eigenvalue weighted by molar-refractivity contribution is 0.477. The van der Waals surface area contributed by atoms with Crippen molar-refractivity contribution in [2.45, 2.75) is 0 Å². The van der Waals surface area contributed by atoms with Gasteiger partial charge >= 0.3 is 10.3 Å². The van der Waals surface area contributed by atoms with Crippen molar-refractivity contribution in [1.82, 2.24) is 4.72 Å². The average molecular weight is 329 g/mol. The fraction of sp³-hybridized carbons (Fsp3) is 0.0588. The van der Waals surface area contributed by atoms with E-state index in [1.807, 2.05) is 36.4 Å². The van der Waals surface area contributed by atoms with Crippen LogP contribution in [0.3, 0.4) is 0 Å². The molecule has 118 valence electrons. The Morgan fingerprint density at radius 3 is 2.43 bits per heavy atom. The van der Waals surface area contributed by atoms with Crippen LogP contribution >= 0.6 is 0 Å². The summed E-state index contributed by atoms with van der Waals surface area (Å²) in [5, 5.41) is 11.8. The number of fused-ring (bicyclic) bond motifs is 1. The molecular weight excluding hydrogens is 314 g/mol. The van der Waals surface area contributed by atoms with Crippen LogP contribution in [-0.2, 0) is 10.3 Å². The van der Waals surface area contributed by atoms with Crippen LogP contribution in [0.5, 0.6) is 11.5 Å². The molecule has 0 aliphatic heterocycles. The summed E-state index contributed by atoms with van der Waals surface area (Å²) in [5.74, 6) is 0.329. The zero-order chi connectivity index (χ0) is 16.4. The second kappa shape index (κ2) is 5.91. The molecular formula is C17H15NO4S. The van der Waals surface area contributed by atoms with E-state index in [0.29, 0.717) is 10.8 Å². The van der Waals surface area contributed by atoms with Crippen molar-refractivity contribution in [2.24, 2.45) is 0 Å². The van der Waals surface area contributed by atoms with Crippen LogP contribution < -0.4 is 8.91 Å². The van der Waals surface area contributed by atoms with Crippen LogP contribution in [0.15, 0.2) is 60.7 Å². The van der Waals surface area contributed by atoms with Gasteiger partial charge in [-0.2, -0.15) is 13.1 Å². The molecule has 23 heavy (non-hydrogen) atoms. The van der Waals surface area contributed by atoms with Gasteiger partial charge in [0.2, 0.25) is 0 Å². The summed E-state index contributed by atoms with van der Waals surface area (Å²) < 4.78 is 29.8. The fourth-order valence-corrected chi connectivity index (χ4v) is 2.80. The summed E-state index contributed by atoms with van der Waals surface area (Å²) in [6, 6.07) is 17.9. The Bertz CT molecular complexity index is 953. The van der Waals surface area contributed by atoms with E-state index in [1.165, 1.54) is 13.1 Å². The molecule has 3 rings (SSSR count).